The number of amides is 2. The van der Waals surface area contributed by atoms with Gasteiger partial charge in [0.25, 0.3) is 5.91 Å². The number of pyridine rings is 1. The summed E-state index contributed by atoms with van der Waals surface area (Å²) in [4.78, 5) is 41.8. The van der Waals surface area contributed by atoms with E-state index in [9.17, 15) is 14.4 Å². The van der Waals surface area contributed by atoms with E-state index in [0.29, 0.717) is 19.4 Å². The lowest BCUT2D eigenvalue weighted by Crippen LogP contribution is -2.27. The number of carbonyl (C=O) groups excluding carboxylic acids is 2. The molecule has 0 aliphatic carbocycles. The number of aliphatic carboxylic acids is 1. The average molecular weight is 510 g/mol. The Hall–Kier alpha value is -3.79. The number of aliphatic imine (C=N–C) groups is 1. The van der Waals surface area contributed by atoms with Gasteiger partial charge in [0, 0.05) is 44.3 Å². The zero-order chi connectivity index (χ0) is 26.6. The molecule has 3 heterocycles. The van der Waals surface area contributed by atoms with Crippen LogP contribution in [0.25, 0.3) is 0 Å². The molecule has 2 aliphatic rings. The van der Waals surface area contributed by atoms with Gasteiger partial charge in [-0.25, -0.2) is 9.98 Å². The molecule has 0 radical (unpaired) electrons. The lowest BCUT2D eigenvalue weighted by atomic mass is 10.1. The Kier molecular flexibility index (Phi) is 10.6. The molecular formula is C27H35N5O5. The molecule has 1 unspecified atom stereocenters. The summed E-state index contributed by atoms with van der Waals surface area (Å²) in [5, 5.41) is 14.6. The molecule has 0 spiro atoms. The van der Waals surface area contributed by atoms with Gasteiger partial charge in [-0.2, -0.15) is 0 Å². The quantitative estimate of drug-likeness (QED) is 0.339. The molecule has 198 valence electrons. The molecule has 1 aromatic heterocycles. The fourth-order valence-corrected chi connectivity index (χ4v) is 4.23. The number of primary amides is 1. The maximum absolute atomic E-state index is 11.6. The Morgan fingerprint density at radius 3 is 2.70 bits per heavy atom. The molecule has 0 saturated carbocycles. The van der Waals surface area contributed by atoms with Crippen molar-refractivity contribution < 1.29 is 24.2 Å². The fourth-order valence-electron chi connectivity index (χ4n) is 4.23. The number of fused-ring (bicyclic) bond motifs is 2. The fraction of sp³-hybridized carbons (Fsp3) is 0.444. The van der Waals surface area contributed by atoms with Crippen LogP contribution in [0.15, 0.2) is 41.4 Å². The van der Waals surface area contributed by atoms with E-state index >= 15 is 0 Å². The molecule has 4 rings (SSSR count). The number of nitrogens with two attached hydrogens (primary N) is 1. The number of carboxylic acid groups (broad SMARTS) is 1. The second-order valence-corrected chi connectivity index (χ2v) is 8.93. The molecule has 5 N–H and O–H groups in total. The van der Waals surface area contributed by atoms with E-state index in [-0.39, 0.29) is 18.0 Å². The minimum absolute atomic E-state index is 0.00421. The molecule has 2 amide bonds. The lowest BCUT2D eigenvalue weighted by molar-refractivity contribution is -0.137. The van der Waals surface area contributed by atoms with E-state index in [2.05, 4.69) is 32.7 Å². The number of para-hydroxylation sites is 1. The van der Waals surface area contributed by atoms with Gasteiger partial charge in [-0.3, -0.25) is 14.4 Å². The van der Waals surface area contributed by atoms with E-state index in [0.717, 1.165) is 61.4 Å². The van der Waals surface area contributed by atoms with E-state index < -0.39 is 18.0 Å². The lowest BCUT2D eigenvalue weighted by Gasteiger charge is -2.17. The topological polar surface area (TPSA) is 156 Å². The largest absolute Gasteiger partial charge is 0.481 e. The molecule has 2 aliphatic heterocycles. The number of benzene rings is 1. The molecule has 2 aromatic rings. The van der Waals surface area contributed by atoms with Gasteiger partial charge in [0.05, 0.1) is 5.69 Å². The average Bonchev–Trinajstić information content (AvgIpc) is 3.28. The van der Waals surface area contributed by atoms with Crippen molar-refractivity contribution in [1.82, 2.24) is 10.3 Å². The molecule has 1 aromatic carbocycles. The number of rotatable bonds is 11. The van der Waals surface area contributed by atoms with Gasteiger partial charge in [0.2, 0.25) is 5.91 Å². The van der Waals surface area contributed by atoms with Crippen molar-refractivity contribution in [2.24, 2.45) is 10.7 Å². The highest BCUT2D eigenvalue weighted by atomic mass is 16.5. The summed E-state index contributed by atoms with van der Waals surface area (Å²) in [5.74, 6) is -0.347. The minimum atomic E-state index is -0.828. The number of ether oxygens (including phenoxy) is 1. The Morgan fingerprint density at radius 1 is 1.14 bits per heavy atom. The molecular weight excluding hydrogens is 474 g/mol. The number of aryl methyl sites for hydroxylation is 2. The predicted molar refractivity (Wildman–Crippen MR) is 141 cm³/mol. The van der Waals surface area contributed by atoms with Crippen molar-refractivity contribution in [2.45, 2.75) is 57.5 Å². The summed E-state index contributed by atoms with van der Waals surface area (Å²) in [7, 11) is 1.53. The molecule has 10 heteroatoms. The van der Waals surface area contributed by atoms with Gasteiger partial charge in [-0.1, -0.05) is 24.3 Å². The number of hydrogen-bond acceptors (Lipinski definition) is 7. The van der Waals surface area contributed by atoms with Crippen LogP contribution in [0.1, 0.15) is 61.4 Å². The van der Waals surface area contributed by atoms with Crippen LogP contribution in [0.4, 0.5) is 11.5 Å². The number of nitrogens with zero attached hydrogens (tertiary/aromatic N) is 2. The van der Waals surface area contributed by atoms with Gasteiger partial charge in [-0.15, -0.1) is 0 Å². The van der Waals surface area contributed by atoms with Gasteiger partial charge >= 0.3 is 5.97 Å². The Morgan fingerprint density at radius 2 is 1.95 bits per heavy atom. The van der Waals surface area contributed by atoms with E-state index in [1.54, 1.807) is 0 Å². The van der Waals surface area contributed by atoms with E-state index in [1.165, 1.54) is 12.7 Å². The van der Waals surface area contributed by atoms with Crippen molar-refractivity contribution in [1.29, 1.82) is 0 Å². The zero-order valence-corrected chi connectivity index (χ0v) is 21.2. The normalized spacial score (nSPS) is 15.3. The van der Waals surface area contributed by atoms with Crippen molar-refractivity contribution in [2.75, 3.05) is 25.5 Å². The third kappa shape index (κ3) is 8.38. The van der Waals surface area contributed by atoms with Gasteiger partial charge in [0.1, 0.15) is 17.6 Å². The van der Waals surface area contributed by atoms with E-state index in [4.69, 9.17) is 15.6 Å². The number of anilines is 1. The molecule has 0 fully saturated rings. The second-order valence-electron chi connectivity index (χ2n) is 8.93. The first kappa shape index (κ1) is 27.8. The molecule has 0 saturated heterocycles. The van der Waals surface area contributed by atoms with Gasteiger partial charge in [0.15, 0.2) is 0 Å². The summed E-state index contributed by atoms with van der Waals surface area (Å²) in [6.45, 7) is 1.43. The Labute approximate surface area is 216 Å². The molecule has 37 heavy (non-hydrogen) atoms. The second kappa shape index (κ2) is 14.1. The number of hydrogen-bond donors (Lipinski definition) is 4. The highest BCUT2D eigenvalue weighted by Crippen LogP contribution is 2.35. The van der Waals surface area contributed by atoms with Crippen LogP contribution >= 0.6 is 0 Å². The van der Waals surface area contributed by atoms with Crippen LogP contribution in [0.3, 0.4) is 0 Å². The minimum Gasteiger partial charge on any atom is -0.481 e. The van der Waals surface area contributed by atoms with Gasteiger partial charge < -0.3 is 26.2 Å². The Balaban J connectivity index is 0.000000231. The summed E-state index contributed by atoms with van der Waals surface area (Å²) in [5.41, 5.74) is 9.48. The van der Waals surface area contributed by atoms with Crippen LogP contribution in [0.5, 0.6) is 0 Å². The Bertz CT molecular complexity index is 1130. The van der Waals surface area contributed by atoms with Crippen molar-refractivity contribution in [3.8, 4) is 0 Å². The maximum Gasteiger partial charge on any atom is 0.303 e. The third-order valence-corrected chi connectivity index (χ3v) is 6.12. The summed E-state index contributed by atoms with van der Waals surface area (Å²) >= 11 is 0. The van der Waals surface area contributed by atoms with Crippen molar-refractivity contribution >= 4 is 35.0 Å². The number of nitrogens with one attached hydrogen (secondary N) is 2. The predicted octanol–water partition coefficient (Wildman–Crippen LogP) is 3.08. The molecule has 0 bridgehead atoms. The number of unbranched alkanes of at least 4 members (excludes halogenated alkanes) is 1. The van der Waals surface area contributed by atoms with Crippen molar-refractivity contribution in [3.05, 3.63) is 53.2 Å². The van der Waals surface area contributed by atoms with Crippen LogP contribution < -0.4 is 16.4 Å². The van der Waals surface area contributed by atoms with Crippen LogP contribution in [0, 0.1) is 0 Å². The molecule has 10 nitrogen and oxygen atoms in total. The first-order chi connectivity index (χ1) is 17.9. The van der Waals surface area contributed by atoms with Gasteiger partial charge in [-0.05, 0) is 56.2 Å². The highest BCUT2D eigenvalue weighted by Gasteiger charge is 2.30. The van der Waals surface area contributed by atoms with E-state index in [1.807, 2.05) is 24.3 Å². The number of aromatic nitrogens is 1. The zero-order valence-electron chi connectivity index (χ0n) is 21.2. The third-order valence-electron chi connectivity index (χ3n) is 6.12. The molecule has 1 atom stereocenters. The summed E-state index contributed by atoms with van der Waals surface area (Å²) in [6, 6.07) is 11.7. The SMILES string of the molecule is COC1C(C(N)=O)=Nc2ccccc21.O=C(O)CCCNC(=O)CCCCc1ccc2c(n1)NCCC2. The number of carbonyl (C=O) groups is 3. The first-order valence-corrected chi connectivity index (χ1v) is 12.6. The smallest absolute Gasteiger partial charge is 0.303 e. The number of carboxylic acids is 1. The van der Waals surface area contributed by atoms with Crippen LogP contribution in [0.2, 0.25) is 0 Å². The van der Waals surface area contributed by atoms with Crippen LogP contribution in [-0.2, 0) is 32.0 Å². The summed E-state index contributed by atoms with van der Waals surface area (Å²) in [6.07, 6.45) is 5.52. The maximum atomic E-state index is 11.6. The summed E-state index contributed by atoms with van der Waals surface area (Å²) < 4.78 is 5.18. The standard InChI is InChI=1S/C17H25N3O3.C10H10N2O2/c21-15(18-11-4-8-16(22)23)7-2-1-6-14-10-9-13-5-3-12-19-17(13)20-14;1-14-9-6-4-2-3-5-7(6)12-8(9)10(11)13/h9-10H,1-8,11-12H2,(H,18,21)(H,19,20)(H,22,23);2-5,9H,1H3,(H2,11,13). The van der Waals surface area contributed by atoms with Crippen molar-refractivity contribution in [3.63, 3.8) is 0 Å². The first-order valence-electron chi connectivity index (χ1n) is 12.6. The highest BCUT2D eigenvalue weighted by molar-refractivity contribution is 6.41. The van der Waals surface area contributed by atoms with Crippen LogP contribution in [-0.4, -0.2) is 53.8 Å². The monoisotopic (exact) mass is 509 g/mol. The number of methoxy groups -OCH3 is 1.